The highest BCUT2D eigenvalue weighted by molar-refractivity contribution is 5.86. The van der Waals surface area contributed by atoms with Crippen molar-refractivity contribution in [3.63, 3.8) is 0 Å². The second-order valence-electron chi connectivity index (χ2n) is 3.05. The molecule has 0 radical (unpaired) electrons. The summed E-state index contributed by atoms with van der Waals surface area (Å²) in [6, 6.07) is 0. The standard InChI is InChI=1S/C10H17NO3/c1-9(2)10(13)14-7-5-3-4-6-11-8-12/h8H,1,3-7H2,2H3,(H,11,12). The van der Waals surface area contributed by atoms with E-state index in [1.165, 1.54) is 0 Å². The van der Waals surface area contributed by atoms with Gasteiger partial charge in [-0.15, -0.1) is 0 Å². The molecule has 1 amide bonds. The fourth-order valence-corrected chi connectivity index (χ4v) is 0.853. The van der Waals surface area contributed by atoms with Crippen molar-refractivity contribution < 1.29 is 14.3 Å². The maximum Gasteiger partial charge on any atom is 0.333 e. The molecule has 0 saturated heterocycles. The normalized spacial score (nSPS) is 9.21. The molecule has 4 nitrogen and oxygen atoms in total. The first-order valence-electron chi connectivity index (χ1n) is 4.68. The van der Waals surface area contributed by atoms with Crippen molar-refractivity contribution in [2.75, 3.05) is 13.2 Å². The lowest BCUT2D eigenvalue weighted by Crippen LogP contribution is -2.12. The Morgan fingerprint density at radius 2 is 2.14 bits per heavy atom. The molecule has 80 valence electrons. The molecule has 0 aliphatic rings. The van der Waals surface area contributed by atoms with E-state index in [2.05, 4.69) is 11.9 Å². The summed E-state index contributed by atoms with van der Waals surface area (Å²) in [4.78, 5) is 20.8. The second kappa shape index (κ2) is 8.29. The number of amides is 1. The lowest BCUT2D eigenvalue weighted by Gasteiger charge is -2.03. The van der Waals surface area contributed by atoms with Crippen LogP contribution in [-0.2, 0) is 14.3 Å². The van der Waals surface area contributed by atoms with E-state index in [-0.39, 0.29) is 5.97 Å². The lowest BCUT2D eigenvalue weighted by atomic mass is 10.2. The Morgan fingerprint density at radius 1 is 1.43 bits per heavy atom. The third-order valence-corrected chi connectivity index (χ3v) is 1.63. The Morgan fingerprint density at radius 3 is 2.71 bits per heavy atom. The summed E-state index contributed by atoms with van der Waals surface area (Å²) in [5.41, 5.74) is 0.424. The number of esters is 1. The largest absolute Gasteiger partial charge is 0.462 e. The van der Waals surface area contributed by atoms with E-state index in [9.17, 15) is 9.59 Å². The highest BCUT2D eigenvalue weighted by Crippen LogP contribution is 1.97. The summed E-state index contributed by atoms with van der Waals surface area (Å²) in [6.07, 6.45) is 3.34. The second-order valence-corrected chi connectivity index (χ2v) is 3.05. The molecular weight excluding hydrogens is 182 g/mol. The van der Waals surface area contributed by atoms with E-state index >= 15 is 0 Å². The quantitative estimate of drug-likeness (QED) is 0.275. The molecule has 0 atom stereocenters. The number of hydrogen-bond acceptors (Lipinski definition) is 3. The van der Waals surface area contributed by atoms with E-state index in [1.807, 2.05) is 0 Å². The Kier molecular flexibility index (Phi) is 7.50. The Hall–Kier alpha value is -1.32. The fraction of sp³-hybridized carbons (Fsp3) is 0.600. The summed E-state index contributed by atoms with van der Waals surface area (Å²) in [6.45, 7) is 6.19. The minimum atomic E-state index is -0.337. The molecular formula is C10H17NO3. The van der Waals surface area contributed by atoms with Gasteiger partial charge >= 0.3 is 5.97 Å². The summed E-state index contributed by atoms with van der Waals surface area (Å²) in [5.74, 6) is -0.337. The third-order valence-electron chi connectivity index (χ3n) is 1.63. The highest BCUT2D eigenvalue weighted by atomic mass is 16.5. The van der Waals surface area contributed by atoms with Crippen LogP contribution in [0, 0.1) is 0 Å². The van der Waals surface area contributed by atoms with Crippen LogP contribution in [0.15, 0.2) is 12.2 Å². The topological polar surface area (TPSA) is 55.4 Å². The lowest BCUT2D eigenvalue weighted by molar-refractivity contribution is -0.139. The van der Waals surface area contributed by atoms with Crippen molar-refractivity contribution in [1.29, 1.82) is 0 Å². The van der Waals surface area contributed by atoms with Gasteiger partial charge in [-0.3, -0.25) is 4.79 Å². The van der Waals surface area contributed by atoms with Gasteiger partial charge in [-0.1, -0.05) is 6.58 Å². The number of hydrogen-bond donors (Lipinski definition) is 1. The maximum absolute atomic E-state index is 10.9. The Balaban J connectivity index is 3.17. The van der Waals surface area contributed by atoms with E-state index in [1.54, 1.807) is 6.92 Å². The monoisotopic (exact) mass is 199 g/mol. The molecule has 0 bridgehead atoms. The zero-order chi connectivity index (χ0) is 10.8. The Labute approximate surface area is 84.3 Å². The molecule has 0 fully saturated rings. The van der Waals surface area contributed by atoms with Gasteiger partial charge in [0.25, 0.3) is 0 Å². The number of carbonyl (C=O) groups excluding carboxylic acids is 2. The van der Waals surface area contributed by atoms with Crippen LogP contribution < -0.4 is 5.32 Å². The SMILES string of the molecule is C=C(C)C(=O)OCCCCCNC=O. The van der Waals surface area contributed by atoms with Crippen molar-refractivity contribution in [3.8, 4) is 0 Å². The molecule has 14 heavy (non-hydrogen) atoms. The molecule has 0 aliphatic heterocycles. The number of rotatable bonds is 8. The third kappa shape index (κ3) is 7.34. The van der Waals surface area contributed by atoms with Gasteiger partial charge in [-0.2, -0.15) is 0 Å². The summed E-state index contributed by atoms with van der Waals surface area (Å²) in [5, 5.41) is 2.56. The molecule has 0 saturated carbocycles. The Bertz CT molecular complexity index is 202. The van der Waals surface area contributed by atoms with Crippen LogP contribution in [0.1, 0.15) is 26.2 Å². The fourth-order valence-electron chi connectivity index (χ4n) is 0.853. The zero-order valence-corrected chi connectivity index (χ0v) is 8.54. The first-order chi connectivity index (χ1) is 6.68. The summed E-state index contributed by atoms with van der Waals surface area (Å²) < 4.78 is 4.88. The molecule has 1 N–H and O–H groups in total. The predicted octanol–water partition coefficient (Wildman–Crippen LogP) is 1.02. The van der Waals surface area contributed by atoms with Gasteiger partial charge in [0, 0.05) is 12.1 Å². The van der Waals surface area contributed by atoms with Crippen molar-refractivity contribution in [2.24, 2.45) is 0 Å². The van der Waals surface area contributed by atoms with Crippen LogP contribution in [0.4, 0.5) is 0 Å². The van der Waals surface area contributed by atoms with E-state index in [4.69, 9.17) is 4.74 Å². The molecule has 0 aromatic carbocycles. The number of nitrogens with one attached hydrogen (secondary N) is 1. The molecule has 0 heterocycles. The van der Waals surface area contributed by atoms with Crippen LogP contribution >= 0.6 is 0 Å². The van der Waals surface area contributed by atoms with Gasteiger partial charge in [0.2, 0.25) is 6.41 Å². The van der Waals surface area contributed by atoms with Gasteiger partial charge in [0.05, 0.1) is 6.61 Å². The van der Waals surface area contributed by atoms with Gasteiger partial charge in [0.1, 0.15) is 0 Å². The molecule has 4 heteroatoms. The molecule has 0 rings (SSSR count). The van der Waals surface area contributed by atoms with E-state index in [0.29, 0.717) is 25.1 Å². The van der Waals surface area contributed by atoms with Crippen molar-refractivity contribution >= 4 is 12.4 Å². The zero-order valence-electron chi connectivity index (χ0n) is 8.54. The molecule has 0 aromatic rings. The van der Waals surface area contributed by atoms with Crippen LogP contribution in [-0.4, -0.2) is 25.5 Å². The van der Waals surface area contributed by atoms with Gasteiger partial charge in [-0.25, -0.2) is 4.79 Å². The average Bonchev–Trinajstić information content (AvgIpc) is 2.16. The van der Waals surface area contributed by atoms with E-state index < -0.39 is 0 Å². The average molecular weight is 199 g/mol. The summed E-state index contributed by atoms with van der Waals surface area (Å²) >= 11 is 0. The minimum Gasteiger partial charge on any atom is -0.462 e. The summed E-state index contributed by atoms with van der Waals surface area (Å²) in [7, 11) is 0. The predicted molar refractivity (Wildman–Crippen MR) is 53.7 cm³/mol. The number of ether oxygens (including phenoxy) is 1. The van der Waals surface area contributed by atoms with Crippen LogP contribution in [0.5, 0.6) is 0 Å². The van der Waals surface area contributed by atoms with Crippen LogP contribution in [0.25, 0.3) is 0 Å². The first-order valence-corrected chi connectivity index (χ1v) is 4.68. The molecule has 0 aromatic heterocycles. The maximum atomic E-state index is 10.9. The first kappa shape index (κ1) is 12.7. The smallest absolute Gasteiger partial charge is 0.333 e. The number of carbonyl (C=O) groups is 2. The van der Waals surface area contributed by atoms with Crippen molar-refractivity contribution in [1.82, 2.24) is 5.32 Å². The molecule has 0 aliphatic carbocycles. The van der Waals surface area contributed by atoms with Gasteiger partial charge in [-0.05, 0) is 26.2 Å². The van der Waals surface area contributed by atoms with Crippen LogP contribution in [0.2, 0.25) is 0 Å². The molecule has 0 unspecified atom stereocenters. The molecule has 0 spiro atoms. The van der Waals surface area contributed by atoms with Gasteiger partial charge in [0.15, 0.2) is 0 Å². The van der Waals surface area contributed by atoms with Crippen LogP contribution in [0.3, 0.4) is 0 Å². The minimum absolute atomic E-state index is 0.337. The van der Waals surface area contributed by atoms with Crippen molar-refractivity contribution in [3.05, 3.63) is 12.2 Å². The van der Waals surface area contributed by atoms with Gasteiger partial charge < -0.3 is 10.1 Å². The number of unbranched alkanes of at least 4 members (excludes halogenated alkanes) is 2. The van der Waals surface area contributed by atoms with Crippen molar-refractivity contribution in [2.45, 2.75) is 26.2 Å². The highest BCUT2D eigenvalue weighted by Gasteiger charge is 2.01. The van der Waals surface area contributed by atoms with E-state index in [0.717, 1.165) is 19.3 Å².